The number of hydrogen-bond acceptors (Lipinski definition) is 2. The molecule has 0 aliphatic rings. The zero-order chi connectivity index (χ0) is 14.5. The Morgan fingerprint density at radius 2 is 1.65 bits per heavy atom. The van der Waals surface area contributed by atoms with Gasteiger partial charge in [0.2, 0.25) is 0 Å². The van der Waals surface area contributed by atoms with Crippen molar-refractivity contribution < 1.29 is 4.79 Å². The highest BCUT2D eigenvalue weighted by Gasteiger charge is 2.09. The number of Topliss-reactive ketones (excluding diaryl/α,β-unsaturated/α-hetero) is 1. The van der Waals surface area contributed by atoms with Gasteiger partial charge in [-0.25, -0.2) is 0 Å². The van der Waals surface area contributed by atoms with Crippen molar-refractivity contribution in [3.63, 3.8) is 0 Å². The number of benzene rings is 2. The van der Waals surface area contributed by atoms with Gasteiger partial charge in [0.05, 0.1) is 6.54 Å². The molecule has 0 spiro atoms. The molecule has 2 rings (SSSR count). The highest BCUT2D eigenvalue weighted by Crippen LogP contribution is 2.09. The lowest BCUT2D eigenvalue weighted by Gasteiger charge is -2.16. The van der Waals surface area contributed by atoms with Crippen LogP contribution in [0.5, 0.6) is 0 Å². The molecule has 2 nitrogen and oxygen atoms in total. The molecule has 2 aromatic rings. The molecule has 0 saturated carbocycles. The minimum Gasteiger partial charge on any atom is -0.295 e. The molecule has 0 aromatic heterocycles. The monoisotopic (exact) mass is 267 g/mol. The highest BCUT2D eigenvalue weighted by atomic mass is 16.1. The summed E-state index contributed by atoms with van der Waals surface area (Å²) in [6, 6.07) is 16.2. The molecule has 0 heterocycles. The van der Waals surface area contributed by atoms with Crippen LogP contribution in [0.2, 0.25) is 0 Å². The van der Waals surface area contributed by atoms with Gasteiger partial charge in [0.1, 0.15) is 0 Å². The van der Waals surface area contributed by atoms with E-state index in [1.54, 1.807) is 0 Å². The summed E-state index contributed by atoms with van der Waals surface area (Å²) >= 11 is 0. The molecule has 0 saturated heterocycles. The Kier molecular flexibility index (Phi) is 4.70. The van der Waals surface area contributed by atoms with Crippen molar-refractivity contribution in [3.8, 4) is 0 Å². The Hall–Kier alpha value is -1.93. The number of carbonyl (C=O) groups is 1. The van der Waals surface area contributed by atoms with Gasteiger partial charge >= 0.3 is 0 Å². The van der Waals surface area contributed by atoms with E-state index in [4.69, 9.17) is 0 Å². The number of rotatable bonds is 5. The smallest absolute Gasteiger partial charge is 0.176 e. The fourth-order valence-corrected chi connectivity index (χ4v) is 2.33. The average Bonchev–Trinajstić information content (AvgIpc) is 2.38. The predicted molar refractivity (Wildman–Crippen MR) is 83.0 cm³/mol. The van der Waals surface area contributed by atoms with Crippen LogP contribution in [-0.4, -0.2) is 24.3 Å². The van der Waals surface area contributed by atoms with E-state index in [0.29, 0.717) is 6.54 Å². The van der Waals surface area contributed by atoms with Crippen LogP contribution in [0.3, 0.4) is 0 Å². The van der Waals surface area contributed by atoms with Crippen LogP contribution >= 0.6 is 0 Å². The van der Waals surface area contributed by atoms with Crippen molar-refractivity contribution in [1.29, 1.82) is 0 Å². The van der Waals surface area contributed by atoms with E-state index in [2.05, 4.69) is 36.1 Å². The topological polar surface area (TPSA) is 20.3 Å². The van der Waals surface area contributed by atoms with E-state index < -0.39 is 0 Å². The molecule has 0 unspecified atom stereocenters. The second kappa shape index (κ2) is 6.49. The van der Waals surface area contributed by atoms with Crippen LogP contribution in [0.25, 0.3) is 0 Å². The summed E-state index contributed by atoms with van der Waals surface area (Å²) in [5.41, 5.74) is 4.41. The first-order chi connectivity index (χ1) is 9.54. The number of aryl methyl sites for hydroxylation is 2. The maximum Gasteiger partial charge on any atom is 0.176 e. The molecule has 2 heteroatoms. The van der Waals surface area contributed by atoms with E-state index in [1.807, 2.05) is 38.2 Å². The molecule has 0 N–H and O–H groups in total. The van der Waals surface area contributed by atoms with E-state index in [9.17, 15) is 4.79 Å². The predicted octanol–water partition coefficient (Wildman–Crippen LogP) is 3.62. The van der Waals surface area contributed by atoms with Crippen LogP contribution in [-0.2, 0) is 6.54 Å². The van der Waals surface area contributed by atoms with Crippen LogP contribution in [0.15, 0.2) is 48.5 Å². The van der Waals surface area contributed by atoms with Gasteiger partial charge in [-0.3, -0.25) is 9.69 Å². The molecule has 20 heavy (non-hydrogen) atoms. The lowest BCUT2D eigenvalue weighted by molar-refractivity contribution is 0.0943. The highest BCUT2D eigenvalue weighted by molar-refractivity contribution is 5.97. The van der Waals surface area contributed by atoms with Crippen molar-refractivity contribution in [3.05, 3.63) is 70.8 Å². The Bertz CT molecular complexity index is 604. The zero-order valence-corrected chi connectivity index (χ0v) is 12.4. The summed E-state index contributed by atoms with van der Waals surface area (Å²) in [7, 11) is 1.98. The molecule has 2 aromatic carbocycles. The third kappa shape index (κ3) is 4.04. The fourth-order valence-electron chi connectivity index (χ4n) is 2.33. The van der Waals surface area contributed by atoms with Gasteiger partial charge in [-0.15, -0.1) is 0 Å². The SMILES string of the molecule is Cc1cccc(CN(C)CC(=O)c2cccc(C)c2)c1. The Labute approximate surface area is 121 Å². The fraction of sp³-hybridized carbons (Fsp3) is 0.278. The molecule has 0 amide bonds. The summed E-state index contributed by atoms with van der Waals surface area (Å²) in [5.74, 6) is 0.170. The third-order valence-electron chi connectivity index (χ3n) is 3.29. The van der Waals surface area contributed by atoms with Crippen LogP contribution in [0.1, 0.15) is 27.0 Å². The molecular weight excluding hydrogens is 246 g/mol. The van der Waals surface area contributed by atoms with Crippen molar-refractivity contribution in [1.82, 2.24) is 4.90 Å². The van der Waals surface area contributed by atoms with Crippen LogP contribution in [0, 0.1) is 13.8 Å². The summed E-state index contributed by atoms with van der Waals surface area (Å²) in [6.07, 6.45) is 0. The first kappa shape index (κ1) is 14.5. The van der Waals surface area contributed by atoms with Crippen molar-refractivity contribution in [2.75, 3.05) is 13.6 Å². The lowest BCUT2D eigenvalue weighted by atomic mass is 10.1. The summed E-state index contributed by atoms with van der Waals surface area (Å²) in [5, 5.41) is 0. The molecule has 0 aliphatic carbocycles. The Balaban J connectivity index is 1.97. The largest absolute Gasteiger partial charge is 0.295 e. The summed E-state index contributed by atoms with van der Waals surface area (Å²) in [4.78, 5) is 14.3. The Morgan fingerprint density at radius 1 is 1.00 bits per heavy atom. The van der Waals surface area contributed by atoms with Gasteiger partial charge in [-0.2, -0.15) is 0 Å². The Morgan fingerprint density at radius 3 is 2.30 bits per heavy atom. The van der Waals surface area contributed by atoms with Crippen molar-refractivity contribution in [2.24, 2.45) is 0 Å². The van der Waals surface area contributed by atoms with Crippen LogP contribution in [0.4, 0.5) is 0 Å². The number of likely N-dealkylation sites (N-methyl/N-ethyl adjacent to an activating group) is 1. The maximum atomic E-state index is 12.2. The number of carbonyl (C=O) groups excluding carboxylic acids is 1. The van der Waals surface area contributed by atoms with E-state index in [-0.39, 0.29) is 5.78 Å². The molecule has 0 radical (unpaired) electrons. The van der Waals surface area contributed by atoms with Gasteiger partial charge in [-0.1, -0.05) is 53.6 Å². The second-order valence-electron chi connectivity index (χ2n) is 5.45. The summed E-state index contributed by atoms with van der Waals surface area (Å²) in [6.45, 7) is 5.32. The van der Waals surface area contributed by atoms with E-state index in [1.165, 1.54) is 11.1 Å². The normalized spacial score (nSPS) is 10.8. The van der Waals surface area contributed by atoms with Crippen LogP contribution < -0.4 is 0 Å². The minimum absolute atomic E-state index is 0.170. The second-order valence-corrected chi connectivity index (χ2v) is 5.45. The molecule has 0 atom stereocenters. The first-order valence-electron chi connectivity index (χ1n) is 6.88. The number of hydrogen-bond donors (Lipinski definition) is 0. The zero-order valence-electron chi connectivity index (χ0n) is 12.4. The molecule has 0 fully saturated rings. The molecule has 0 aliphatic heterocycles. The molecular formula is C18H21NO. The molecule has 104 valence electrons. The van der Waals surface area contributed by atoms with Gasteiger partial charge in [0.15, 0.2) is 5.78 Å². The first-order valence-corrected chi connectivity index (χ1v) is 6.88. The van der Waals surface area contributed by atoms with Gasteiger partial charge in [0.25, 0.3) is 0 Å². The average molecular weight is 267 g/mol. The van der Waals surface area contributed by atoms with Gasteiger partial charge < -0.3 is 0 Å². The van der Waals surface area contributed by atoms with Gasteiger partial charge in [-0.05, 0) is 32.5 Å². The van der Waals surface area contributed by atoms with Gasteiger partial charge in [0, 0.05) is 12.1 Å². The number of ketones is 1. The maximum absolute atomic E-state index is 12.2. The minimum atomic E-state index is 0.170. The van der Waals surface area contributed by atoms with E-state index in [0.717, 1.165) is 17.7 Å². The third-order valence-corrected chi connectivity index (χ3v) is 3.29. The quantitative estimate of drug-likeness (QED) is 0.771. The summed E-state index contributed by atoms with van der Waals surface area (Å²) < 4.78 is 0. The lowest BCUT2D eigenvalue weighted by Crippen LogP contribution is -2.25. The van der Waals surface area contributed by atoms with Crippen molar-refractivity contribution in [2.45, 2.75) is 20.4 Å². The standard InChI is InChI=1S/C18H21NO/c1-14-6-4-8-16(10-14)12-19(3)13-18(20)17-9-5-7-15(2)11-17/h4-11H,12-13H2,1-3H3. The number of nitrogens with zero attached hydrogens (tertiary/aromatic N) is 1. The van der Waals surface area contributed by atoms with Crippen molar-refractivity contribution >= 4 is 5.78 Å². The molecule has 0 bridgehead atoms. The van der Waals surface area contributed by atoms with E-state index >= 15 is 0 Å².